The minimum absolute atomic E-state index is 0.854. The molecule has 1 saturated carbocycles. The summed E-state index contributed by atoms with van der Waals surface area (Å²) < 4.78 is 0. The number of nitrogens with zero attached hydrogens (tertiary/aromatic N) is 1. The standard InChI is InChI=1S/C16H32N2/c1-13-7-8-16(14(2)12-13)18-11-5-4-6-15(18)9-10-17-3/h13-17H,4-12H2,1-3H3. The highest BCUT2D eigenvalue weighted by atomic mass is 15.2. The van der Waals surface area contributed by atoms with Crippen LogP contribution in [0.15, 0.2) is 0 Å². The molecule has 106 valence electrons. The van der Waals surface area contributed by atoms with Gasteiger partial charge < -0.3 is 5.32 Å². The summed E-state index contributed by atoms with van der Waals surface area (Å²) in [4.78, 5) is 2.89. The molecule has 2 nitrogen and oxygen atoms in total. The fourth-order valence-corrected chi connectivity index (χ4v) is 4.22. The van der Waals surface area contributed by atoms with E-state index < -0.39 is 0 Å². The number of nitrogens with one attached hydrogen (secondary N) is 1. The van der Waals surface area contributed by atoms with Gasteiger partial charge in [-0.1, -0.05) is 20.3 Å². The molecule has 2 heteroatoms. The quantitative estimate of drug-likeness (QED) is 0.826. The van der Waals surface area contributed by atoms with Crippen molar-refractivity contribution in [1.29, 1.82) is 0 Å². The average Bonchev–Trinajstić information content (AvgIpc) is 2.37. The molecule has 4 atom stereocenters. The van der Waals surface area contributed by atoms with Crippen molar-refractivity contribution >= 4 is 0 Å². The Kier molecular flexibility index (Phi) is 5.50. The molecule has 0 aromatic rings. The Morgan fingerprint density at radius 2 is 1.94 bits per heavy atom. The van der Waals surface area contributed by atoms with Crippen molar-refractivity contribution < 1.29 is 0 Å². The molecule has 1 N–H and O–H groups in total. The third-order valence-corrected chi connectivity index (χ3v) is 5.21. The van der Waals surface area contributed by atoms with Gasteiger partial charge in [0.15, 0.2) is 0 Å². The Hall–Kier alpha value is -0.0800. The van der Waals surface area contributed by atoms with E-state index in [0.29, 0.717) is 0 Å². The molecule has 0 aromatic heterocycles. The monoisotopic (exact) mass is 252 g/mol. The van der Waals surface area contributed by atoms with Crippen molar-refractivity contribution in [3.8, 4) is 0 Å². The molecule has 0 radical (unpaired) electrons. The SMILES string of the molecule is CNCCC1CCCCN1C1CCC(C)CC1C. The number of likely N-dealkylation sites (tertiary alicyclic amines) is 1. The van der Waals surface area contributed by atoms with Gasteiger partial charge in [-0.15, -0.1) is 0 Å². The van der Waals surface area contributed by atoms with E-state index in [1.54, 1.807) is 0 Å². The predicted octanol–water partition coefficient (Wildman–Crippen LogP) is 3.28. The van der Waals surface area contributed by atoms with E-state index in [1.807, 2.05) is 0 Å². The van der Waals surface area contributed by atoms with E-state index in [0.717, 1.165) is 23.9 Å². The van der Waals surface area contributed by atoms with E-state index in [1.165, 1.54) is 58.0 Å². The maximum atomic E-state index is 3.33. The highest BCUT2D eigenvalue weighted by Gasteiger charge is 2.34. The Morgan fingerprint density at radius 3 is 2.67 bits per heavy atom. The van der Waals surface area contributed by atoms with E-state index in [-0.39, 0.29) is 0 Å². The van der Waals surface area contributed by atoms with Crippen molar-refractivity contribution in [2.45, 2.75) is 70.9 Å². The number of rotatable bonds is 4. The Balaban J connectivity index is 1.94. The third-order valence-electron chi connectivity index (χ3n) is 5.21. The summed E-state index contributed by atoms with van der Waals surface area (Å²) in [6.45, 7) is 7.46. The molecule has 1 saturated heterocycles. The molecule has 1 aliphatic heterocycles. The second kappa shape index (κ2) is 6.91. The van der Waals surface area contributed by atoms with E-state index in [9.17, 15) is 0 Å². The van der Waals surface area contributed by atoms with Crippen LogP contribution in [0, 0.1) is 11.8 Å². The van der Waals surface area contributed by atoms with Crippen molar-refractivity contribution in [2.75, 3.05) is 20.1 Å². The van der Waals surface area contributed by atoms with Crippen LogP contribution in [0.4, 0.5) is 0 Å². The van der Waals surface area contributed by atoms with Crippen LogP contribution in [0.25, 0.3) is 0 Å². The minimum Gasteiger partial charge on any atom is -0.320 e. The predicted molar refractivity (Wildman–Crippen MR) is 78.9 cm³/mol. The van der Waals surface area contributed by atoms with Gasteiger partial charge in [0.05, 0.1) is 0 Å². The van der Waals surface area contributed by atoms with Gasteiger partial charge in [-0.05, 0) is 70.5 Å². The van der Waals surface area contributed by atoms with Gasteiger partial charge in [0.25, 0.3) is 0 Å². The summed E-state index contributed by atoms with van der Waals surface area (Å²) in [5.74, 6) is 1.86. The van der Waals surface area contributed by atoms with Crippen molar-refractivity contribution in [3.63, 3.8) is 0 Å². The lowest BCUT2D eigenvalue weighted by Crippen LogP contribution is -2.51. The second-order valence-corrected chi connectivity index (χ2v) is 6.74. The highest BCUT2D eigenvalue weighted by Crippen LogP contribution is 2.35. The van der Waals surface area contributed by atoms with Crippen LogP contribution in [0.3, 0.4) is 0 Å². The molecule has 1 heterocycles. The molecule has 1 aliphatic carbocycles. The molecular weight excluding hydrogens is 220 g/mol. The molecule has 2 fully saturated rings. The lowest BCUT2D eigenvalue weighted by molar-refractivity contribution is 0.0303. The van der Waals surface area contributed by atoms with Gasteiger partial charge in [-0.25, -0.2) is 0 Å². The van der Waals surface area contributed by atoms with Gasteiger partial charge in [-0.2, -0.15) is 0 Å². The Bertz CT molecular complexity index is 241. The molecular formula is C16H32N2. The molecule has 0 aromatic carbocycles. The zero-order valence-electron chi connectivity index (χ0n) is 12.6. The van der Waals surface area contributed by atoms with Crippen LogP contribution in [0.5, 0.6) is 0 Å². The summed E-state index contributed by atoms with van der Waals surface area (Å²) >= 11 is 0. The fraction of sp³-hybridized carbons (Fsp3) is 1.00. The van der Waals surface area contributed by atoms with Crippen LogP contribution < -0.4 is 5.32 Å². The number of hydrogen-bond acceptors (Lipinski definition) is 2. The smallest absolute Gasteiger partial charge is 0.0124 e. The molecule has 0 bridgehead atoms. The van der Waals surface area contributed by atoms with Gasteiger partial charge in [0, 0.05) is 12.1 Å². The van der Waals surface area contributed by atoms with E-state index >= 15 is 0 Å². The number of piperidine rings is 1. The first-order valence-corrected chi connectivity index (χ1v) is 8.12. The van der Waals surface area contributed by atoms with Gasteiger partial charge in [0.2, 0.25) is 0 Å². The lowest BCUT2D eigenvalue weighted by Gasteiger charge is -2.46. The summed E-state index contributed by atoms with van der Waals surface area (Å²) in [5, 5.41) is 3.33. The van der Waals surface area contributed by atoms with Crippen LogP contribution >= 0.6 is 0 Å². The summed E-state index contributed by atoms with van der Waals surface area (Å²) in [5.41, 5.74) is 0. The van der Waals surface area contributed by atoms with Crippen molar-refractivity contribution in [1.82, 2.24) is 10.2 Å². The van der Waals surface area contributed by atoms with Crippen molar-refractivity contribution in [3.05, 3.63) is 0 Å². The molecule has 0 spiro atoms. The fourth-order valence-electron chi connectivity index (χ4n) is 4.22. The Morgan fingerprint density at radius 1 is 1.11 bits per heavy atom. The molecule has 2 rings (SSSR count). The summed E-state index contributed by atoms with van der Waals surface area (Å²) in [6.07, 6.45) is 9.98. The van der Waals surface area contributed by atoms with Crippen LogP contribution in [0.1, 0.15) is 58.8 Å². The minimum atomic E-state index is 0.854. The number of hydrogen-bond donors (Lipinski definition) is 1. The molecule has 4 unspecified atom stereocenters. The Labute approximate surface area is 114 Å². The van der Waals surface area contributed by atoms with Crippen LogP contribution in [-0.2, 0) is 0 Å². The third kappa shape index (κ3) is 3.48. The maximum Gasteiger partial charge on any atom is 0.0124 e. The highest BCUT2D eigenvalue weighted by molar-refractivity contribution is 4.89. The van der Waals surface area contributed by atoms with E-state index in [4.69, 9.17) is 0 Å². The topological polar surface area (TPSA) is 15.3 Å². The first kappa shape index (κ1) is 14.3. The molecule has 18 heavy (non-hydrogen) atoms. The zero-order valence-corrected chi connectivity index (χ0v) is 12.6. The normalized spacial score (nSPS) is 38.8. The van der Waals surface area contributed by atoms with Crippen LogP contribution in [-0.4, -0.2) is 37.1 Å². The first-order chi connectivity index (χ1) is 8.72. The molecule has 0 amide bonds. The summed E-state index contributed by atoms with van der Waals surface area (Å²) in [6, 6.07) is 1.73. The zero-order chi connectivity index (χ0) is 13.0. The average molecular weight is 252 g/mol. The first-order valence-electron chi connectivity index (χ1n) is 8.12. The maximum absolute atomic E-state index is 3.33. The van der Waals surface area contributed by atoms with Gasteiger partial charge in [-0.3, -0.25) is 4.90 Å². The largest absolute Gasteiger partial charge is 0.320 e. The van der Waals surface area contributed by atoms with Gasteiger partial charge >= 0.3 is 0 Å². The van der Waals surface area contributed by atoms with Gasteiger partial charge in [0.1, 0.15) is 0 Å². The van der Waals surface area contributed by atoms with Crippen molar-refractivity contribution in [2.24, 2.45) is 11.8 Å². The summed E-state index contributed by atoms with van der Waals surface area (Å²) in [7, 11) is 2.08. The molecule has 2 aliphatic rings. The van der Waals surface area contributed by atoms with E-state index in [2.05, 4.69) is 31.1 Å². The lowest BCUT2D eigenvalue weighted by atomic mass is 9.78. The second-order valence-electron chi connectivity index (χ2n) is 6.74. The van der Waals surface area contributed by atoms with Crippen LogP contribution in [0.2, 0.25) is 0 Å².